The molecule has 0 aromatic carbocycles. The van der Waals surface area contributed by atoms with Crippen LogP contribution >= 0.6 is 0 Å². The zero-order chi connectivity index (χ0) is 11.3. The number of hydrogen-bond acceptors (Lipinski definition) is 2. The molecule has 1 saturated carbocycles. The summed E-state index contributed by atoms with van der Waals surface area (Å²) in [6.07, 6.45) is 6.23. The smallest absolute Gasteiger partial charge is 0.223 e. The van der Waals surface area contributed by atoms with Gasteiger partial charge in [-0.2, -0.15) is 0 Å². The van der Waals surface area contributed by atoms with E-state index in [0.29, 0.717) is 6.04 Å². The Kier molecular flexibility index (Phi) is 5.09. The highest BCUT2D eigenvalue weighted by molar-refractivity contribution is 5.79. The quantitative estimate of drug-likeness (QED) is 0.746. The van der Waals surface area contributed by atoms with Crippen molar-refractivity contribution in [2.75, 3.05) is 0 Å². The van der Waals surface area contributed by atoms with Crippen molar-refractivity contribution in [2.24, 2.45) is 11.7 Å². The average Bonchev–Trinajstić information content (AvgIpc) is 2.18. The minimum atomic E-state index is 0.160. The third-order valence-corrected chi connectivity index (χ3v) is 3.20. The highest BCUT2D eigenvalue weighted by Gasteiger charge is 2.25. The lowest BCUT2D eigenvalue weighted by Crippen LogP contribution is -2.41. The fourth-order valence-corrected chi connectivity index (χ4v) is 2.33. The largest absolute Gasteiger partial charge is 0.353 e. The predicted molar refractivity (Wildman–Crippen MR) is 62.4 cm³/mol. The maximum Gasteiger partial charge on any atom is 0.223 e. The van der Waals surface area contributed by atoms with Gasteiger partial charge >= 0.3 is 0 Å². The Morgan fingerprint density at radius 1 is 1.53 bits per heavy atom. The summed E-state index contributed by atoms with van der Waals surface area (Å²) in [5.41, 5.74) is 5.87. The first-order valence-corrected chi connectivity index (χ1v) is 6.19. The van der Waals surface area contributed by atoms with Crippen LogP contribution in [0.1, 0.15) is 52.4 Å². The van der Waals surface area contributed by atoms with Crippen LogP contribution in [-0.4, -0.2) is 18.0 Å². The zero-order valence-electron chi connectivity index (χ0n) is 9.96. The van der Waals surface area contributed by atoms with E-state index >= 15 is 0 Å². The maximum atomic E-state index is 11.9. The van der Waals surface area contributed by atoms with Crippen molar-refractivity contribution in [1.82, 2.24) is 5.32 Å². The van der Waals surface area contributed by atoms with Crippen LogP contribution in [0.15, 0.2) is 0 Å². The molecule has 88 valence electrons. The van der Waals surface area contributed by atoms with Crippen LogP contribution in [0.2, 0.25) is 0 Å². The van der Waals surface area contributed by atoms with Crippen molar-refractivity contribution in [3.8, 4) is 0 Å². The van der Waals surface area contributed by atoms with Gasteiger partial charge in [0.05, 0.1) is 0 Å². The van der Waals surface area contributed by atoms with Gasteiger partial charge in [0, 0.05) is 18.0 Å². The standard InChI is InChI=1S/C12H24N2O/c1-3-5-9(2)14-12(15)10-6-4-7-11(13)8-10/h9-11H,3-8,13H2,1-2H3,(H,14,15). The minimum Gasteiger partial charge on any atom is -0.353 e. The summed E-state index contributed by atoms with van der Waals surface area (Å²) in [5, 5.41) is 3.08. The van der Waals surface area contributed by atoms with Gasteiger partial charge in [0.1, 0.15) is 0 Å². The van der Waals surface area contributed by atoms with Crippen molar-refractivity contribution in [1.29, 1.82) is 0 Å². The fourth-order valence-electron chi connectivity index (χ4n) is 2.33. The monoisotopic (exact) mass is 212 g/mol. The number of carbonyl (C=O) groups excluding carboxylic acids is 1. The molecule has 0 aliphatic heterocycles. The molecule has 1 fully saturated rings. The summed E-state index contributed by atoms with van der Waals surface area (Å²) in [7, 11) is 0. The van der Waals surface area contributed by atoms with Crippen LogP contribution in [-0.2, 0) is 4.79 Å². The number of hydrogen-bond donors (Lipinski definition) is 2. The third-order valence-electron chi connectivity index (χ3n) is 3.20. The van der Waals surface area contributed by atoms with E-state index in [1.807, 2.05) is 0 Å². The van der Waals surface area contributed by atoms with E-state index in [9.17, 15) is 4.79 Å². The predicted octanol–water partition coefficient (Wildman–Crippen LogP) is 1.81. The average molecular weight is 212 g/mol. The molecule has 0 spiro atoms. The Hall–Kier alpha value is -0.570. The normalized spacial score (nSPS) is 28.5. The molecule has 3 atom stereocenters. The van der Waals surface area contributed by atoms with E-state index in [0.717, 1.165) is 38.5 Å². The van der Waals surface area contributed by atoms with Gasteiger partial charge in [0.25, 0.3) is 0 Å². The fraction of sp³-hybridized carbons (Fsp3) is 0.917. The first kappa shape index (κ1) is 12.5. The summed E-state index contributed by atoms with van der Waals surface area (Å²) in [5.74, 6) is 0.374. The molecule has 0 bridgehead atoms. The molecule has 0 radical (unpaired) electrons. The number of carbonyl (C=O) groups is 1. The van der Waals surface area contributed by atoms with E-state index in [4.69, 9.17) is 5.73 Å². The van der Waals surface area contributed by atoms with Crippen LogP contribution in [0.4, 0.5) is 0 Å². The Bertz CT molecular complexity index is 206. The molecule has 3 nitrogen and oxygen atoms in total. The molecule has 3 heteroatoms. The van der Waals surface area contributed by atoms with Gasteiger partial charge in [-0.25, -0.2) is 0 Å². The zero-order valence-corrected chi connectivity index (χ0v) is 9.96. The lowest BCUT2D eigenvalue weighted by Gasteiger charge is -2.27. The molecule has 1 aliphatic rings. The summed E-state index contributed by atoms with van der Waals surface area (Å²) >= 11 is 0. The molecule has 3 N–H and O–H groups in total. The van der Waals surface area contributed by atoms with Gasteiger partial charge in [0.15, 0.2) is 0 Å². The molecule has 1 rings (SSSR count). The molecular formula is C12H24N2O. The van der Waals surface area contributed by atoms with Crippen LogP contribution in [0.5, 0.6) is 0 Å². The topological polar surface area (TPSA) is 55.1 Å². The second kappa shape index (κ2) is 6.11. The Morgan fingerprint density at radius 3 is 2.87 bits per heavy atom. The van der Waals surface area contributed by atoms with Crippen LogP contribution in [0.3, 0.4) is 0 Å². The number of rotatable bonds is 4. The molecule has 1 amide bonds. The molecule has 15 heavy (non-hydrogen) atoms. The van der Waals surface area contributed by atoms with Crippen molar-refractivity contribution in [3.63, 3.8) is 0 Å². The lowest BCUT2D eigenvalue weighted by atomic mass is 9.85. The molecule has 0 aromatic rings. The number of amides is 1. The molecular weight excluding hydrogens is 188 g/mol. The SMILES string of the molecule is CCCC(C)NC(=O)C1CCCC(N)C1. The molecule has 0 heterocycles. The van der Waals surface area contributed by atoms with E-state index < -0.39 is 0 Å². The van der Waals surface area contributed by atoms with Gasteiger partial charge in [-0.15, -0.1) is 0 Å². The van der Waals surface area contributed by atoms with Gasteiger partial charge < -0.3 is 11.1 Å². The minimum absolute atomic E-state index is 0.160. The van der Waals surface area contributed by atoms with Crippen LogP contribution in [0, 0.1) is 5.92 Å². The summed E-state index contributed by atoms with van der Waals surface area (Å²) in [4.78, 5) is 11.9. The van der Waals surface area contributed by atoms with E-state index in [-0.39, 0.29) is 17.9 Å². The van der Waals surface area contributed by atoms with Crippen molar-refractivity contribution >= 4 is 5.91 Å². The highest BCUT2D eigenvalue weighted by Crippen LogP contribution is 2.23. The van der Waals surface area contributed by atoms with Gasteiger partial charge in [-0.05, 0) is 32.6 Å². The lowest BCUT2D eigenvalue weighted by molar-refractivity contribution is -0.126. The van der Waals surface area contributed by atoms with Crippen molar-refractivity contribution in [3.05, 3.63) is 0 Å². The van der Waals surface area contributed by atoms with Crippen molar-refractivity contribution in [2.45, 2.75) is 64.5 Å². The maximum absolute atomic E-state index is 11.9. The van der Waals surface area contributed by atoms with Gasteiger partial charge in [-0.1, -0.05) is 19.8 Å². The van der Waals surface area contributed by atoms with Crippen LogP contribution < -0.4 is 11.1 Å². The second-order valence-corrected chi connectivity index (χ2v) is 4.82. The van der Waals surface area contributed by atoms with Gasteiger partial charge in [-0.3, -0.25) is 4.79 Å². The first-order valence-electron chi connectivity index (χ1n) is 6.19. The number of nitrogens with two attached hydrogens (primary N) is 1. The Morgan fingerprint density at radius 2 is 2.27 bits per heavy atom. The summed E-state index contributed by atoms with van der Waals surface area (Å²) in [6.45, 7) is 4.21. The Balaban J connectivity index is 2.32. The highest BCUT2D eigenvalue weighted by atomic mass is 16.1. The number of nitrogens with one attached hydrogen (secondary N) is 1. The third kappa shape index (κ3) is 4.20. The summed E-state index contributed by atoms with van der Waals surface area (Å²) < 4.78 is 0. The summed E-state index contributed by atoms with van der Waals surface area (Å²) in [6, 6.07) is 0.539. The molecule has 0 aromatic heterocycles. The van der Waals surface area contributed by atoms with E-state index in [1.165, 1.54) is 0 Å². The second-order valence-electron chi connectivity index (χ2n) is 4.82. The first-order chi connectivity index (χ1) is 7.13. The molecule has 0 saturated heterocycles. The Labute approximate surface area is 92.8 Å². The van der Waals surface area contributed by atoms with Crippen molar-refractivity contribution < 1.29 is 4.79 Å². The molecule has 3 unspecified atom stereocenters. The van der Waals surface area contributed by atoms with Crippen LogP contribution in [0.25, 0.3) is 0 Å². The van der Waals surface area contributed by atoms with Gasteiger partial charge in [0.2, 0.25) is 5.91 Å². The molecule has 1 aliphatic carbocycles. The van der Waals surface area contributed by atoms with E-state index in [1.54, 1.807) is 0 Å². The van der Waals surface area contributed by atoms with E-state index in [2.05, 4.69) is 19.2 Å².